The molecule has 2 aromatic rings. The van der Waals surface area contributed by atoms with Crippen LogP contribution in [0.3, 0.4) is 0 Å². The summed E-state index contributed by atoms with van der Waals surface area (Å²) in [6.07, 6.45) is 0.717. The molecule has 5 nitrogen and oxygen atoms in total. The van der Waals surface area contributed by atoms with Gasteiger partial charge in [-0.25, -0.2) is 4.39 Å². The fourth-order valence-corrected chi connectivity index (χ4v) is 2.59. The first-order valence-corrected chi connectivity index (χ1v) is 9.02. The van der Waals surface area contributed by atoms with Gasteiger partial charge in [-0.3, -0.25) is 4.99 Å². The summed E-state index contributed by atoms with van der Waals surface area (Å²) in [5.74, 6) is 1.32. The molecule has 0 aliphatic carbocycles. The SMILES string of the molecule is CN=C(NCCc1cccc(F)c1)NCc1ccc(C)cc1OCCOC.I. The number of nitrogens with zero attached hydrogens (tertiary/aromatic N) is 1. The average molecular weight is 501 g/mol. The molecule has 7 heteroatoms. The Bertz CT molecular complexity index is 756. The Morgan fingerprint density at radius 3 is 2.64 bits per heavy atom. The third-order valence-electron chi connectivity index (χ3n) is 4.03. The van der Waals surface area contributed by atoms with E-state index in [1.807, 2.05) is 25.1 Å². The van der Waals surface area contributed by atoms with Crippen LogP contribution in [0.15, 0.2) is 47.5 Å². The smallest absolute Gasteiger partial charge is 0.191 e. The van der Waals surface area contributed by atoms with Crippen molar-refractivity contribution in [3.05, 3.63) is 65.0 Å². The standard InChI is InChI=1S/C21H28FN3O2.HI/c1-16-7-8-18(20(13-16)27-12-11-26-3)15-25-21(23-2)24-10-9-17-5-4-6-19(22)14-17;/h4-8,13-14H,9-12,15H2,1-3H3,(H2,23,24,25);1H. The lowest BCUT2D eigenvalue weighted by Crippen LogP contribution is -2.38. The van der Waals surface area contributed by atoms with Crippen molar-refractivity contribution in [3.8, 4) is 5.75 Å². The van der Waals surface area contributed by atoms with Crippen molar-refractivity contribution in [1.82, 2.24) is 10.6 Å². The molecule has 2 N–H and O–H groups in total. The highest BCUT2D eigenvalue weighted by atomic mass is 127. The monoisotopic (exact) mass is 501 g/mol. The normalized spacial score (nSPS) is 10.9. The molecule has 0 saturated heterocycles. The molecule has 0 fully saturated rings. The predicted octanol–water partition coefficient (Wildman–Crippen LogP) is 3.69. The molecule has 0 aliphatic rings. The van der Waals surface area contributed by atoms with Gasteiger partial charge in [-0.15, -0.1) is 24.0 Å². The lowest BCUT2D eigenvalue weighted by atomic mass is 10.1. The number of halogens is 2. The zero-order chi connectivity index (χ0) is 19.5. The van der Waals surface area contributed by atoms with Gasteiger partial charge in [0, 0.05) is 32.8 Å². The number of benzene rings is 2. The molecule has 0 aromatic heterocycles. The summed E-state index contributed by atoms with van der Waals surface area (Å²) in [4.78, 5) is 4.23. The molecule has 0 atom stereocenters. The Morgan fingerprint density at radius 1 is 1.11 bits per heavy atom. The Morgan fingerprint density at radius 2 is 1.93 bits per heavy atom. The van der Waals surface area contributed by atoms with E-state index in [0.29, 0.717) is 38.7 Å². The molecular formula is C21H29FIN3O2. The lowest BCUT2D eigenvalue weighted by molar-refractivity contribution is 0.145. The summed E-state index contributed by atoms with van der Waals surface area (Å²) in [6.45, 7) is 4.33. The molecule has 154 valence electrons. The first-order chi connectivity index (χ1) is 13.1. The second-order valence-electron chi connectivity index (χ2n) is 6.18. The Labute approximate surface area is 183 Å². The highest BCUT2D eigenvalue weighted by Crippen LogP contribution is 2.20. The van der Waals surface area contributed by atoms with E-state index in [4.69, 9.17) is 9.47 Å². The molecular weight excluding hydrogens is 472 g/mol. The van der Waals surface area contributed by atoms with Crippen molar-refractivity contribution in [3.63, 3.8) is 0 Å². The minimum Gasteiger partial charge on any atom is -0.491 e. The van der Waals surface area contributed by atoms with Crippen molar-refractivity contribution in [1.29, 1.82) is 0 Å². The van der Waals surface area contributed by atoms with Gasteiger partial charge in [-0.05, 0) is 42.7 Å². The van der Waals surface area contributed by atoms with Gasteiger partial charge in [0.1, 0.15) is 18.2 Å². The highest BCUT2D eigenvalue weighted by Gasteiger charge is 2.06. The molecule has 0 bridgehead atoms. The quantitative estimate of drug-likeness (QED) is 0.238. The van der Waals surface area contributed by atoms with Crippen molar-refractivity contribution >= 4 is 29.9 Å². The summed E-state index contributed by atoms with van der Waals surface area (Å²) in [7, 11) is 3.38. The van der Waals surface area contributed by atoms with Gasteiger partial charge in [0.15, 0.2) is 5.96 Å². The Balaban J connectivity index is 0.00000392. The Kier molecular flexibility index (Phi) is 11.5. The maximum atomic E-state index is 13.2. The second-order valence-corrected chi connectivity index (χ2v) is 6.18. The van der Waals surface area contributed by atoms with Crippen LogP contribution in [0.1, 0.15) is 16.7 Å². The van der Waals surface area contributed by atoms with Crippen LogP contribution in [0.5, 0.6) is 5.75 Å². The number of methoxy groups -OCH3 is 1. The second kappa shape index (κ2) is 13.3. The zero-order valence-corrected chi connectivity index (χ0v) is 19.0. The van der Waals surface area contributed by atoms with Gasteiger partial charge < -0.3 is 20.1 Å². The molecule has 0 heterocycles. The maximum absolute atomic E-state index is 13.2. The van der Waals surface area contributed by atoms with E-state index in [9.17, 15) is 4.39 Å². The van der Waals surface area contributed by atoms with Crippen LogP contribution in [-0.4, -0.2) is 39.9 Å². The summed E-state index contributed by atoms with van der Waals surface area (Å²) in [5.41, 5.74) is 3.14. The molecule has 0 spiro atoms. The Hall–Kier alpha value is -1.87. The van der Waals surface area contributed by atoms with Gasteiger partial charge in [0.25, 0.3) is 0 Å². The van der Waals surface area contributed by atoms with Crippen LogP contribution in [0.25, 0.3) is 0 Å². The third kappa shape index (κ3) is 8.43. The van der Waals surface area contributed by atoms with E-state index >= 15 is 0 Å². The summed E-state index contributed by atoms with van der Waals surface area (Å²) in [6, 6.07) is 12.8. The maximum Gasteiger partial charge on any atom is 0.191 e. The molecule has 0 unspecified atom stereocenters. The van der Waals surface area contributed by atoms with Crippen LogP contribution >= 0.6 is 24.0 Å². The van der Waals surface area contributed by atoms with Crippen molar-refractivity contribution < 1.29 is 13.9 Å². The number of hydrogen-bond donors (Lipinski definition) is 2. The van der Waals surface area contributed by atoms with Crippen LogP contribution in [0, 0.1) is 12.7 Å². The molecule has 28 heavy (non-hydrogen) atoms. The van der Waals surface area contributed by atoms with Crippen LogP contribution in [0.4, 0.5) is 4.39 Å². The van der Waals surface area contributed by atoms with Crippen molar-refractivity contribution in [2.24, 2.45) is 4.99 Å². The number of guanidine groups is 1. The van der Waals surface area contributed by atoms with Gasteiger partial charge in [0.2, 0.25) is 0 Å². The largest absolute Gasteiger partial charge is 0.491 e. The van der Waals surface area contributed by atoms with Crippen molar-refractivity contribution in [2.75, 3.05) is 33.9 Å². The van der Waals surface area contributed by atoms with E-state index in [1.54, 1.807) is 26.3 Å². The molecule has 0 amide bonds. The fraction of sp³-hybridized carbons (Fsp3) is 0.381. The van der Waals surface area contributed by atoms with Crippen LogP contribution < -0.4 is 15.4 Å². The van der Waals surface area contributed by atoms with Gasteiger partial charge in [-0.1, -0.05) is 24.3 Å². The van der Waals surface area contributed by atoms with E-state index < -0.39 is 0 Å². The molecule has 0 radical (unpaired) electrons. The highest BCUT2D eigenvalue weighted by molar-refractivity contribution is 14.0. The first-order valence-electron chi connectivity index (χ1n) is 9.02. The third-order valence-corrected chi connectivity index (χ3v) is 4.03. The molecule has 0 saturated carbocycles. The van der Waals surface area contributed by atoms with Crippen LogP contribution in [0.2, 0.25) is 0 Å². The topological polar surface area (TPSA) is 54.9 Å². The minimum absolute atomic E-state index is 0. The van der Waals surface area contributed by atoms with Crippen LogP contribution in [-0.2, 0) is 17.7 Å². The first kappa shape index (κ1) is 24.2. The number of ether oxygens (including phenoxy) is 2. The van der Waals surface area contributed by atoms with E-state index in [-0.39, 0.29) is 29.8 Å². The number of hydrogen-bond acceptors (Lipinski definition) is 3. The number of nitrogens with one attached hydrogen (secondary N) is 2. The average Bonchev–Trinajstić information content (AvgIpc) is 2.66. The van der Waals surface area contributed by atoms with Gasteiger partial charge >= 0.3 is 0 Å². The number of aryl methyl sites for hydroxylation is 1. The lowest BCUT2D eigenvalue weighted by Gasteiger charge is -2.15. The predicted molar refractivity (Wildman–Crippen MR) is 122 cm³/mol. The number of aliphatic imine (C=N–C) groups is 1. The molecule has 0 aliphatic heterocycles. The van der Waals surface area contributed by atoms with E-state index in [1.165, 1.54) is 6.07 Å². The molecule has 2 rings (SSSR count). The fourth-order valence-electron chi connectivity index (χ4n) is 2.59. The summed E-state index contributed by atoms with van der Waals surface area (Å²) >= 11 is 0. The van der Waals surface area contributed by atoms with Gasteiger partial charge in [-0.2, -0.15) is 0 Å². The van der Waals surface area contributed by atoms with Crippen molar-refractivity contribution in [2.45, 2.75) is 19.9 Å². The summed E-state index contributed by atoms with van der Waals surface area (Å²) in [5, 5.41) is 6.53. The summed E-state index contributed by atoms with van der Waals surface area (Å²) < 4.78 is 24.1. The minimum atomic E-state index is -0.213. The zero-order valence-electron chi connectivity index (χ0n) is 16.6. The van der Waals surface area contributed by atoms with E-state index in [2.05, 4.69) is 21.7 Å². The number of rotatable bonds is 9. The van der Waals surface area contributed by atoms with E-state index in [0.717, 1.165) is 22.4 Å². The van der Waals surface area contributed by atoms with Gasteiger partial charge in [0.05, 0.1) is 6.61 Å². The molecule has 2 aromatic carbocycles.